The Hall–Kier alpha value is -2.91. The first kappa shape index (κ1) is 19.8. The van der Waals surface area contributed by atoms with Crippen LogP contribution in [0.5, 0.6) is 5.75 Å². The quantitative estimate of drug-likeness (QED) is 0.531. The number of rotatable bonds is 4. The van der Waals surface area contributed by atoms with E-state index in [4.69, 9.17) is 4.74 Å². The van der Waals surface area contributed by atoms with Crippen molar-refractivity contribution in [3.8, 4) is 17.0 Å². The summed E-state index contributed by atoms with van der Waals surface area (Å²) in [6.07, 6.45) is 3.49. The fraction of sp³-hybridized carbons (Fsp3) is 0.333. The second kappa shape index (κ2) is 8.85. The zero-order chi connectivity index (χ0) is 18.6. The molecule has 0 aliphatic carbocycles. The van der Waals surface area contributed by atoms with Gasteiger partial charge >= 0.3 is 6.03 Å². The van der Waals surface area contributed by atoms with Crippen LogP contribution in [0, 0.1) is 0 Å². The zero-order valence-corrected chi connectivity index (χ0v) is 16.2. The molecule has 1 aliphatic heterocycles. The Morgan fingerprint density at radius 2 is 1.96 bits per heavy atom. The highest BCUT2D eigenvalue weighted by Crippen LogP contribution is 2.24. The molecule has 2 aromatic heterocycles. The van der Waals surface area contributed by atoms with Gasteiger partial charge in [0.1, 0.15) is 5.75 Å². The maximum absolute atomic E-state index is 12.3. The maximum Gasteiger partial charge on any atom is 0.320 e. The number of carbonyl (C=O) groups is 1. The minimum Gasteiger partial charge on any atom is -0.497 e. The number of hydrogen-bond acceptors (Lipinski definition) is 6. The van der Waals surface area contributed by atoms with Crippen molar-refractivity contribution in [1.29, 1.82) is 0 Å². The summed E-state index contributed by atoms with van der Waals surface area (Å²) in [6.45, 7) is 1.82. The second-order valence-electron chi connectivity index (χ2n) is 6.38. The van der Waals surface area contributed by atoms with E-state index < -0.39 is 0 Å². The van der Waals surface area contributed by atoms with Crippen LogP contribution < -0.4 is 20.7 Å². The van der Waals surface area contributed by atoms with Crippen LogP contribution in [0.25, 0.3) is 22.4 Å². The van der Waals surface area contributed by atoms with Gasteiger partial charge in [-0.05, 0) is 50.2 Å². The van der Waals surface area contributed by atoms with Gasteiger partial charge in [-0.1, -0.05) is 0 Å². The number of anilines is 1. The zero-order valence-electron chi connectivity index (χ0n) is 15.4. The standard InChI is InChI=1S/C18H21N7O2.ClH/c1-27-13-4-2-11(3-5-13)14-10-20-16-15(22-14)17(25-24-16)23-18(26)21-12-6-8-19-9-7-12;/h2-5,10,12,19H,6-9H2,1H3,(H3,20,21,23,24,25,26);1H. The number of aromatic amines is 1. The molecule has 10 heteroatoms. The van der Waals surface area contributed by atoms with E-state index in [-0.39, 0.29) is 24.5 Å². The highest BCUT2D eigenvalue weighted by atomic mass is 35.5. The number of nitrogens with zero attached hydrogens (tertiary/aromatic N) is 3. The molecule has 28 heavy (non-hydrogen) atoms. The predicted molar refractivity (Wildman–Crippen MR) is 109 cm³/mol. The molecule has 0 bridgehead atoms. The van der Waals surface area contributed by atoms with Crippen molar-refractivity contribution >= 4 is 35.4 Å². The Bertz CT molecular complexity index is 939. The smallest absolute Gasteiger partial charge is 0.320 e. The molecule has 4 rings (SSSR count). The fourth-order valence-corrected chi connectivity index (χ4v) is 3.08. The molecule has 0 saturated carbocycles. The number of amides is 2. The Morgan fingerprint density at radius 1 is 1.21 bits per heavy atom. The number of piperidine rings is 1. The first-order chi connectivity index (χ1) is 13.2. The van der Waals surface area contributed by atoms with Crippen LogP contribution in [-0.4, -0.2) is 52.4 Å². The van der Waals surface area contributed by atoms with Gasteiger partial charge in [0.05, 0.1) is 19.0 Å². The molecule has 1 aromatic carbocycles. The third-order valence-corrected chi connectivity index (χ3v) is 4.56. The Kier molecular flexibility index (Phi) is 6.27. The van der Waals surface area contributed by atoms with E-state index in [2.05, 4.69) is 36.1 Å². The monoisotopic (exact) mass is 403 g/mol. The molecule has 3 aromatic rings. The van der Waals surface area contributed by atoms with Crippen LogP contribution in [-0.2, 0) is 0 Å². The molecule has 0 radical (unpaired) electrons. The van der Waals surface area contributed by atoms with Crippen LogP contribution in [0.1, 0.15) is 12.8 Å². The number of fused-ring (bicyclic) bond motifs is 1. The van der Waals surface area contributed by atoms with Gasteiger partial charge < -0.3 is 15.4 Å². The lowest BCUT2D eigenvalue weighted by molar-refractivity contribution is 0.245. The van der Waals surface area contributed by atoms with Crippen LogP contribution in [0.3, 0.4) is 0 Å². The van der Waals surface area contributed by atoms with Crippen LogP contribution in [0.15, 0.2) is 30.5 Å². The van der Waals surface area contributed by atoms with Gasteiger partial charge in [-0.25, -0.2) is 14.8 Å². The van der Waals surface area contributed by atoms with Gasteiger partial charge in [-0.3, -0.25) is 10.4 Å². The van der Waals surface area contributed by atoms with E-state index in [1.54, 1.807) is 13.3 Å². The molecule has 1 fully saturated rings. The Labute approximate surface area is 168 Å². The molecular weight excluding hydrogens is 382 g/mol. The summed E-state index contributed by atoms with van der Waals surface area (Å²) in [5, 5.41) is 16.0. The van der Waals surface area contributed by atoms with Crippen molar-refractivity contribution in [2.45, 2.75) is 18.9 Å². The number of halogens is 1. The summed E-state index contributed by atoms with van der Waals surface area (Å²) >= 11 is 0. The first-order valence-corrected chi connectivity index (χ1v) is 8.87. The number of benzene rings is 1. The van der Waals surface area contributed by atoms with E-state index in [1.807, 2.05) is 24.3 Å². The normalized spacial score (nSPS) is 14.3. The summed E-state index contributed by atoms with van der Waals surface area (Å²) in [6, 6.07) is 7.44. The van der Waals surface area contributed by atoms with Gasteiger partial charge in [-0.15, -0.1) is 12.4 Å². The number of hydrogen-bond donors (Lipinski definition) is 4. The minimum absolute atomic E-state index is 0. The van der Waals surface area contributed by atoms with Crippen molar-refractivity contribution in [2.24, 2.45) is 0 Å². The maximum atomic E-state index is 12.3. The minimum atomic E-state index is -0.274. The number of methoxy groups -OCH3 is 1. The molecule has 1 saturated heterocycles. The van der Waals surface area contributed by atoms with E-state index in [0.29, 0.717) is 22.7 Å². The Morgan fingerprint density at radius 3 is 2.68 bits per heavy atom. The second-order valence-corrected chi connectivity index (χ2v) is 6.38. The molecule has 0 spiro atoms. The molecule has 4 N–H and O–H groups in total. The molecular formula is C18H22ClN7O2. The van der Waals surface area contributed by atoms with E-state index >= 15 is 0 Å². The fourth-order valence-electron chi connectivity index (χ4n) is 3.08. The van der Waals surface area contributed by atoms with Gasteiger partial charge in [0.2, 0.25) is 5.65 Å². The van der Waals surface area contributed by atoms with Crippen molar-refractivity contribution < 1.29 is 9.53 Å². The highest BCUT2D eigenvalue weighted by molar-refractivity contribution is 5.96. The summed E-state index contributed by atoms with van der Waals surface area (Å²) in [7, 11) is 1.62. The molecule has 9 nitrogen and oxygen atoms in total. The van der Waals surface area contributed by atoms with Crippen molar-refractivity contribution in [2.75, 3.05) is 25.5 Å². The van der Waals surface area contributed by atoms with Crippen LogP contribution >= 0.6 is 12.4 Å². The van der Waals surface area contributed by atoms with Crippen LogP contribution in [0.2, 0.25) is 0 Å². The Balaban J connectivity index is 0.00000225. The van der Waals surface area contributed by atoms with Crippen molar-refractivity contribution in [3.05, 3.63) is 30.5 Å². The number of H-pyrrole nitrogens is 1. The van der Waals surface area contributed by atoms with Crippen LogP contribution in [0.4, 0.5) is 10.6 Å². The lowest BCUT2D eigenvalue weighted by Gasteiger charge is -2.23. The number of aromatic nitrogens is 4. The lowest BCUT2D eigenvalue weighted by Crippen LogP contribution is -2.44. The van der Waals surface area contributed by atoms with Crippen molar-refractivity contribution in [3.63, 3.8) is 0 Å². The molecule has 0 atom stereocenters. The third kappa shape index (κ3) is 4.32. The van der Waals surface area contributed by atoms with E-state index in [9.17, 15) is 4.79 Å². The lowest BCUT2D eigenvalue weighted by atomic mass is 10.1. The van der Waals surface area contributed by atoms with E-state index in [0.717, 1.165) is 37.2 Å². The average molecular weight is 404 g/mol. The summed E-state index contributed by atoms with van der Waals surface area (Å²) in [4.78, 5) is 21.2. The number of ether oxygens (including phenoxy) is 1. The summed E-state index contributed by atoms with van der Waals surface area (Å²) < 4.78 is 5.18. The first-order valence-electron chi connectivity index (χ1n) is 8.87. The molecule has 3 heterocycles. The largest absolute Gasteiger partial charge is 0.497 e. The molecule has 148 valence electrons. The van der Waals surface area contributed by atoms with Gasteiger partial charge in [0.15, 0.2) is 11.3 Å². The predicted octanol–water partition coefficient (Wildman–Crippen LogP) is 2.32. The summed E-state index contributed by atoms with van der Waals surface area (Å²) in [5.41, 5.74) is 2.55. The SMILES string of the molecule is COc1ccc(-c2cnc3n[nH]c(NC(=O)NC4CCNCC4)c3n2)cc1.Cl. The van der Waals surface area contributed by atoms with Gasteiger partial charge in [0, 0.05) is 11.6 Å². The molecule has 2 amide bonds. The topological polar surface area (TPSA) is 117 Å². The summed E-state index contributed by atoms with van der Waals surface area (Å²) in [5.74, 6) is 1.20. The van der Waals surface area contributed by atoms with E-state index in [1.165, 1.54) is 0 Å². The van der Waals surface area contributed by atoms with Gasteiger partial charge in [0.25, 0.3) is 0 Å². The number of urea groups is 1. The van der Waals surface area contributed by atoms with Crippen molar-refractivity contribution in [1.82, 2.24) is 30.8 Å². The third-order valence-electron chi connectivity index (χ3n) is 4.56. The average Bonchev–Trinajstić information content (AvgIpc) is 3.10. The molecule has 0 unspecified atom stereocenters. The highest BCUT2D eigenvalue weighted by Gasteiger charge is 2.17. The number of carbonyl (C=O) groups excluding carboxylic acids is 1. The molecule has 1 aliphatic rings. The van der Waals surface area contributed by atoms with Gasteiger partial charge in [-0.2, -0.15) is 5.10 Å². The number of nitrogens with one attached hydrogen (secondary N) is 4.